The van der Waals surface area contributed by atoms with E-state index in [0.29, 0.717) is 29.3 Å². The van der Waals surface area contributed by atoms with E-state index in [-0.39, 0.29) is 0 Å². The Bertz CT molecular complexity index is 2000. The van der Waals surface area contributed by atoms with E-state index in [4.69, 9.17) is 24.9 Å². The normalized spacial score (nSPS) is 17.6. The standard InChI is InChI=1S/C35H23N5S/c1-3-10-22(11-4-1)33-38-34(23-12-5-2-6-13-23)40-35(39-33)26-16-9-17-29-31(26)32-30(41-29)19-18-27(37-32)28-20-24-14-7-8-15-25(24)21-36-28/h1-21,24-25H/t24-,25?/m1/s1. The zero-order valence-electron chi connectivity index (χ0n) is 21.9. The number of hydrogen-bond donors (Lipinski definition) is 0. The summed E-state index contributed by atoms with van der Waals surface area (Å²) in [6.45, 7) is 0. The maximum atomic E-state index is 5.19. The number of allylic oxidation sites excluding steroid dienone is 5. The molecule has 3 aromatic carbocycles. The molecule has 6 heteroatoms. The van der Waals surface area contributed by atoms with E-state index < -0.39 is 0 Å². The van der Waals surface area contributed by atoms with E-state index in [1.54, 1.807) is 11.3 Å². The van der Waals surface area contributed by atoms with Crippen molar-refractivity contribution in [2.75, 3.05) is 0 Å². The van der Waals surface area contributed by atoms with Crippen LogP contribution in [0.4, 0.5) is 0 Å². The summed E-state index contributed by atoms with van der Waals surface area (Å²) in [6.07, 6.45) is 12.9. The molecule has 0 spiro atoms. The maximum absolute atomic E-state index is 5.19. The fourth-order valence-electron chi connectivity index (χ4n) is 5.45. The van der Waals surface area contributed by atoms with Gasteiger partial charge < -0.3 is 0 Å². The van der Waals surface area contributed by atoms with Crippen molar-refractivity contribution in [2.24, 2.45) is 16.8 Å². The third-order valence-corrected chi connectivity index (χ3v) is 8.61. The monoisotopic (exact) mass is 545 g/mol. The minimum Gasteiger partial charge on any atom is -0.259 e. The number of aliphatic imine (C=N–C) groups is 1. The molecular formula is C35H23N5S. The summed E-state index contributed by atoms with van der Waals surface area (Å²) >= 11 is 1.73. The summed E-state index contributed by atoms with van der Waals surface area (Å²) in [7, 11) is 0. The number of aromatic nitrogens is 4. The van der Waals surface area contributed by atoms with Gasteiger partial charge in [0.25, 0.3) is 0 Å². The van der Waals surface area contributed by atoms with Gasteiger partial charge in [0.15, 0.2) is 17.5 Å². The van der Waals surface area contributed by atoms with Crippen molar-refractivity contribution in [3.63, 3.8) is 0 Å². The largest absolute Gasteiger partial charge is 0.259 e. The van der Waals surface area contributed by atoms with Crippen LogP contribution in [0.1, 0.15) is 5.69 Å². The minimum atomic E-state index is 0.304. The van der Waals surface area contributed by atoms with Crippen molar-refractivity contribution in [3.8, 4) is 34.2 Å². The Balaban J connectivity index is 1.32. The van der Waals surface area contributed by atoms with Crippen LogP contribution in [0.25, 0.3) is 60.2 Å². The molecule has 6 aromatic rings. The van der Waals surface area contributed by atoms with E-state index >= 15 is 0 Å². The molecule has 0 bridgehead atoms. The predicted octanol–water partition coefficient (Wildman–Crippen LogP) is 8.42. The molecule has 1 aliphatic heterocycles. The first-order valence-electron chi connectivity index (χ1n) is 13.6. The van der Waals surface area contributed by atoms with Gasteiger partial charge in [-0.05, 0) is 24.3 Å². The highest BCUT2D eigenvalue weighted by Crippen LogP contribution is 2.40. The lowest BCUT2D eigenvalue weighted by molar-refractivity contribution is 0.707. The number of pyridine rings is 1. The van der Waals surface area contributed by atoms with Crippen molar-refractivity contribution in [1.29, 1.82) is 0 Å². The summed E-state index contributed by atoms with van der Waals surface area (Å²) in [5.41, 5.74) is 5.55. The quantitative estimate of drug-likeness (QED) is 0.223. The van der Waals surface area contributed by atoms with Gasteiger partial charge in [-0.2, -0.15) is 0 Å². The van der Waals surface area contributed by atoms with E-state index in [0.717, 1.165) is 48.4 Å². The first-order valence-corrected chi connectivity index (χ1v) is 14.4. The SMILES string of the molecule is C1=CC2C=NC(c3ccc4sc5cccc(-c6nc(-c7ccccc7)nc(-c7ccccc7)n6)c5c4n3)=C[C@H]2C=C1. The van der Waals surface area contributed by atoms with Gasteiger partial charge in [0.05, 0.1) is 21.6 Å². The number of thiophene rings is 1. The van der Waals surface area contributed by atoms with Crippen molar-refractivity contribution >= 4 is 43.6 Å². The van der Waals surface area contributed by atoms with Gasteiger partial charge in [0.2, 0.25) is 0 Å². The van der Waals surface area contributed by atoms with Crippen molar-refractivity contribution in [1.82, 2.24) is 19.9 Å². The molecule has 0 saturated carbocycles. The summed E-state index contributed by atoms with van der Waals surface area (Å²) in [5, 5.41) is 1.05. The Morgan fingerprint density at radius 1 is 0.561 bits per heavy atom. The first-order chi connectivity index (χ1) is 20.3. The van der Waals surface area contributed by atoms with Crippen LogP contribution in [-0.2, 0) is 0 Å². The predicted molar refractivity (Wildman–Crippen MR) is 169 cm³/mol. The van der Waals surface area contributed by atoms with Gasteiger partial charge in [0.1, 0.15) is 0 Å². The van der Waals surface area contributed by atoms with Crippen molar-refractivity contribution < 1.29 is 0 Å². The van der Waals surface area contributed by atoms with E-state index in [1.165, 1.54) is 0 Å². The molecular weight excluding hydrogens is 522 g/mol. The van der Waals surface area contributed by atoms with E-state index in [9.17, 15) is 0 Å². The van der Waals surface area contributed by atoms with E-state index in [1.807, 2.05) is 66.9 Å². The molecule has 0 fully saturated rings. The highest BCUT2D eigenvalue weighted by atomic mass is 32.1. The van der Waals surface area contributed by atoms with Crippen LogP contribution >= 0.6 is 11.3 Å². The third kappa shape index (κ3) is 4.29. The molecule has 0 saturated heterocycles. The van der Waals surface area contributed by atoms with Crippen LogP contribution in [0.3, 0.4) is 0 Å². The Kier molecular flexibility index (Phi) is 5.71. The molecule has 41 heavy (non-hydrogen) atoms. The Labute approximate surface area is 241 Å². The summed E-state index contributed by atoms with van der Waals surface area (Å²) in [5.74, 6) is 2.53. The highest BCUT2D eigenvalue weighted by Gasteiger charge is 2.22. The molecule has 0 N–H and O–H groups in total. The third-order valence-electron chi connectivity index (χ3n) is 7.50. The molecule has 4 heterocycles. The summed E-state index contributed by atoms with van der Waals surface area (Å²) < 4.78 is 2.27. The van der Waals surface area contributed by atoms with Gasteiger partial charge in [0, 0.05) is 44.8 Å². The van der Waals surface area contributed by atoms with Gasteiger partial charge in [-0.3, -0.25) is 4.99 Å². The average Bonchev–Trinajstić information content (AvgIpc) is 3.43. The van der Waals surface area contributed by atoms with Crippen LogP contribution in [-0.4, -0.2) is 26.2 Å². The van der Waals surface area contributed by atoms with Gasteiger partial charge in [-0.1, -0.05) is 97.1 Å². The highest BCUT2D eigenvalue weighted by molar-refractivity contribution is 7.25. The van der Waals surface area contributed by atoms with Gasteiger partial charge >= 0.3 is 0 Å². The fourth-order valence-corrected chi connectivity index (χ4v) is 6.52. The number of fused-ring (bicyclic) bond motifs is 4. The summed E-state index contributed by atoms with van der Waals surface area (Å²) in [6, 6.07) is 30.7. The van der Waals surface area contributed by atoms with Crippen LogP contribution in [0, 0.1) is 11.8 Å². The molecule has 2 atom stereocenters. The number of hydrogen-bond acceptors (Lipinski definition) is 6. The Hall–Kier alpha value is -5.07. The van der Waals surface area contributed by atoms with Crippen LogP contribution in [0.5, 0.6) is 0 Å². The van der Waals surface area contributed by atoms with Crippen molar-refractivity contribution in [2.45, 2.75) is 0 Å². The molecule has 1 aliphatic carbocycles. The molecule has 2 aliphatic rings. The minimum absolute atomic E-state index is 0.304. The zero-order chi connectivity index (χ0) is 27.2. The van der Waals surface area contributed by atoms with Gasteiger partial charge in [-0.25, -0.2) is 19.9 Å². The Morgan fingerprint density at radius 2 is 1.24 bits per heavy atom. The lowest BCUT2D eigenvalue weighted by Gasteiger charge is -2.21. The molecule has 0 amide bonds. The van der Waals surface area contributed by atoms with Gasteiger partial charge in [-0.15, -0.1) is 11.3 Å². The molecule has 0 radical (unpaired) electrons. The smallest absolute Gasteiger partial charge is 0.164 e. The van der Waals surface area contributed by atoms with Crippen LogP contribution in [0.15, 0.2) is 126 Å². The average molecular weight is 546 g/mol. The number of rotatable bonds is 4. The maximum Gasteiger partial charge on any atom is 0.164 e. The molecule has 3 aromatic heterocycles. The first kappa shape index (κ1) is 23.8. The number of nitrogens with zero attached hydrogens (tertiary/aromatic N) is 5. The second-order valence-corrected chi connectivity index (χ2v) is 11.2. The Morgan fingerprint density at radius 3 is 1.98 bits per heavy atom. The lowest BCUT2D eigenvalue weighted by Crippen LogP contribution is -2.15. The van der Waals surface area contributed by atoms with Crippen LogP contribution in [0.2, 0.25) is 0 Å². The molecule has 1 unspecified atom stereocenters. The zero-order valence-corrected chi connectivity index (χ0v) is 22.7. The topological polar surface area (TPSA) is 63.9 Å². The second kappa shape index (κ2) is 9.84. The van der Waals surface area contributed by atoms with E-state index in [2.05, 4.69) is 60.7 Å². The van der Waals surface area contributed by atoms with Crippen molar-refractivity contribution in [3.05, 3.63) is 127 Å². The molecule has 194 valence electrons. The molecule has 8 rings (SSSR count). The molecule has 5 nitrogen and oxygen atoms in total. The second-order valence-electron chi connectivity index (χ2n) is 10.1. The number of benzene rings is 3. The summed E-state index contributed by atoms with van der Waals surface area (Å²) in [4.78, 5) is 24.8. The van der Waals surface area contributed by atoms with Crippen LogP contribution < -0.4 is 0 Å². The fraction of sp³-hybridized carbons (Fsp3) is 0.0571. The lowest BCUT2D eigenvalue weighted by atomic mass is 9.86.